The molecule has 0 bridgehead atoms. The number of hydrogen-bond acceptors (Lipinski definition) is 6. The van der Waals surface area contributed by atoms with Crippen molar-refractivity contribution in [1.82, 2.24) is 19.7 Å². The molecule has 8 nitrogen and oxygen atoms in total. The van der Waals surface area contributed by atoms with Crippen LogP contribution in [0.2, 0.25) is 0 Å². The maximum atomic E-state index is 11.1. The van der Waals surface area contributed by atoms with Gasteiger partial charge in [0.1, 0.15) is 0 Å². The van der Waals surface area contributed by atoms with E-state index >= 15 is 0 Å². The summed E-state index contributed by atoms with van der Waals surface area (Å²) in [5, 5.41) is 2.97. The van der Waals surface area contributed by atoms with Gasteiger partial charge in [0.15, 0.2) is 17.3 Å². The number of aromatic nitrogens is 3. The molecule has 0 saturated carbocycles. The highest BCUT2D eigenvalue weighted by Crippen LogP contribution is 2.23. The number of nitrogens with one attached hydrogen (secondary N) is 2. The highest BCUT2D eigenvalue weighted by Gasteiger charge is 2.23. The topological polar surface area (TPSA) is 101 Å². The molecule has 1 saturated heterocycles. The molecule has 0 atom stereocenters. The van der Waals surface area contributed by atoms with Gasteiger partial charge in [0.2, 0.25) is 5.91 Å². The third-order valence-corrected chi connectivity index (χ3v) is 3.71. The summed E-state index contributed by atoms with van der Waals surface area (Å²) in [5.41, 5.74) is 3.39. The Morgan fingerprint density at radius 1 is 1.43 bits per heavy atom. The summed E-state index contributed by atoms with van der Waals surface area (Å²) >= 11 is 0. The first-order valence-electron chi connectivity index (χ1n) is 7.00. The zero-order chi connectivity index (χ0) is 14.8. The number of imidazole rings is 1. The first-order chi connectivity index (χ1) is 10.2. The van der Waals surface area contributed by atoms with Crippen LogP contribution in [-0.4, -0.2) is 39.4 Å². The van der Waals surface area contributed by atoms with Crippen LogP contribution in [0, 0.1) is 0 Å². The average molecular weight is 289 g/mol. The highest BCUT2D eigenvalue weighted by molar-refractivity contribution is 5.73. The van der Waals surface area contributed by atoms with Gasteiger partial charge in [-0.15, -0.1) is 0 Å². The number of nitrogens with two attached hydrogens (primary N) is 1. The van der Waals surface area contributed by atoms with E-state index in [4.69, 9.17) is 5.84 Å². The number of piperidine rings is 1. The van der Waals surface area contributed by atoms with Gasteiger partial charge >= 0.3 is 0 Å². The SMILES string of the molecule is CC(=O)NC1CCN(c2nc(NN)cn3ccnc23)CC1. The molecule has 0 radical (unpaired) electrons. The molecular formula is C13H19N7O. The number of amides is 1. The Kier molecular flexibility index (Phi) is 3.61. The fraction of sp³-hybridized carbons (Fsp3) is 0.462. The van der Waals surface area contributed by atoms with E-state index in [-0.39, 0.29) is 11.9 Å². The van der Waals surface area contributed by atoms with Crippen molar-refractivity contribution in [1.29, 1.82) is 0 Å². The molecule has 8 heteroatoms. The van der Waals surface area contributed by atoms with Crippen LogP contribution in [0.15, 0.2) is 18.6 Å². The number of fused-ring (bicyclic) bond motifs is 1. The number of hydrazine groups is 1. The standard InChI is InChI=1S/C13H19N7O/c1-9(21)16-10-2-5-19(6-3-10)13-12-15-4-7-20(12)8-11(17-13)18-14/h4,7-8,10,18H,2-3,5-6,14H2,1H3,(H,16,21). The normalized spacial score (nSPS) is 16.2. The quantitative estimate of drug-likeness (QED) is 0.548. The first kappa shape index (κ1) is 13.6. The van der Waals surface area contributed by atoms with Gasteiger partial charge < -0.3 is 20.0 Å². The number of nitrogen functional groups attached to an aromatic ring is 1. The van der Waals surface area contributed by atoms with E-state index in [2.05, 4.69) is 25.6 Å². The molecule has 1 amide bonds. The number of anilines is 2. The van der Waals surface area contributed by atoms with Crippen LogP contribution in [0.3, 0.4) is 0 Å². The Labute approximate surface area is 122 Å². The molecular weight excluding hydrogens is 270 g/mol. The van der Waals surface area contributed by atoms with E-state index < -0.39 is 0 Å². The van der Waals surface area contributed by atoms with E-state index in [1.807, 2.05) is 10.6 Å². The van der Waals surface area contributed by atoms with Gasteiger partial charge in [-0.2, -0.15) is 0 Å². The smallest absolute Gasteiger partial charge is 0.217 e. The van der Waals surface area contributed by atoms with Crippen LogP contribution in [-0.2, 0) is 4.79 Å². The van der Waals surface area contributed by atoms with Crippen LogP contribution in [0.1, 0.15) is 19.8 Å². The van der Waals surface area contributed by atoms with Crippen molar-refractivity contribution in [2.24, 2.45) is 5.84 Å². The van der Waals surface area contributed by atoms with E-state index in [1.54, 1.807) is 19.3 Å². The van der Waals surface area contributed by atoms with Crippen LogP contribution < -0.4 is 21.5 Å². The first-order valence-corrected chi connectivity index (χ1v) is 7.00. The summed E-state index contributed by atoms with van der Waals surface area (Å²) < 4.78 is 1.90. The third-order valence-electron chi connectivity index (χ3n) is 3.71. The Hall–Kier alpha value is -2.35. The summed E-state index contributed by atoms with van der Waals surface area (Å²) in [6.45, 7) is 3.21. The molecule has 3 rings (SSSR count). The van der Waals surface area contributed by atoms with Crippen LogP contribution in [0.25, 0.3) is 5.65 Å². The number of rotatable bonds is 3. The van der Waals surface area contributed by atoms with Gasteiger partial charge in [-0.1, -0.05) is 0 Å². The van der Waals surface area contributed by atoms with Crippen molar-refractivity contribution in [3.05, 3.63) is 18.6 Å². The van der Waals surface area contributed by atoms with Crippen molar-refractivity contribution in [2.45, 2.75) is 25.8 Å². The van der Waals surface area contributed by atoms with Crippen LogP contribution in [0.5, 0.6) is 0 Å². The van der Waals surface area contributed by atoms with Crippen molar-refractivity contribution in [3.8, 4) is 0 Å². The zero-order valence-electron chi connectivity index (χ0n) is 11.9. The Balaban J connectivity index is 1.81. The largest absolute Gasteiger partial charge is 0.353 e. The van der Waals surface area contributed by atoms with Gasteiger partial charge in [-0.3, -0.25) is 4.79 Å². The number of hydrogen-bond donors (Lipinski definition) is 3. The molecule has 1 fully saturated rings. The molecule has 1 aliphatic rings. The molecule has 0 unspecified atom stereocenters. The predicted octanol–water partition coefficient (Wildman–Crippen LogP) is 0.120. The molecule has 2 aromatic rings. The molecule has 0 spiro atoms. The Morgan fingerprint density at radius 2 is 2.19 bits per heavy atom. The van der Waals surface area contributed by atoms with Gasteiger partial charge in [0.25, 0.3) is 0 Å². The monoisotopic (exact) mass is 289 g/mol. The minimum absolute atomic E-state index is 0.0246. The minimum Gasteiger partial charge on any atom is -0.353 e. The summed E-state index contributed by atoms with van der Waals surface area (Å²) in [4.78, 5) is 22.2. The second-order valence-electron chi connectivity index (χ2n) is 5.21. The van der Waals surface area contributed by atoms with Crippen LogP contribution >= 0.6 is 0 Å². The summed E-state index contributed by atoms with van der Waals surface area (Å²) in [7, 11) is 0. The van der Waals surface area contributed by atoms with E-state index in [0.717, 1.165) is 37.4 Å². The fourth-order valence-electron chi connectivity index (χ4n) is 2.72. The highest BCUT2D eigenvalue weighted by atomic mass is 16.1. The number of carbonyl (C=O) groups is 1. The molecule has 0 aliphatic carbocycles. The second kappa shape index (κ2) is 5.57. The lowest BCUT2D eigenvalue weighted by Crippen LogP contribution is -2.44. The predicted molar refractivity (Wildman–Crippen MR) is 79.8 cm³/mol. The third kappa shape index (κ3) is 2.75. The van der Waals surface area contributed by atoms with E-state index in [0.29, 0.717) is 5.82 Å². The molecule has 0 aromatic carbocycles. The molecule has 4 N–H and O–H groups in total. The maximum absolute atomic E-state index is 11.1. The fourth-order valence-corrected chi connectivity index (χ4v) is 2.72. The van der Waals surface area contributed by atoms with Crippen molar-refractivity contribution >= 4 is 23.2 Å². The van der Waals surface area contributed by atoms with Gasteiger partial charge in [-0.05, 0) is 12.8 Å². The number of nitrogens with zero attached hydrogens (tertiary/aromatic N) is 4. The van der Waals surface area contributed by atoms with Gasteiger partial charge in [-0.25, -0.2) is 15.8 Å². The zero-order valence-corrected chi connectivity index (χ0v) is 11.9. The maximum Gasteiger partial charge on any atom is 0.217 e. The lowest BCUT2D eigenvalue weighted by Gasteiger charge is -2.33. The van der Waals surface area contributed by atoms with Crippen LogP contribution in [0.4, 0.5) is 11.6 Å². The van der Waals surface area contributed by atoms with Gasteiger partial charge in [0, 0.05) is 38.4 Å². The second-order valence-corrected chi connectivity index (χ2v) is 5.21. The lowest BCUT2D eigenvalue weighted by atomic mass is 10.1. The van der Waals surface area contributed by atoms with Gasteiger partial charge in [0.05, 0.1) is 6.20 Å². The van der Waals surface area contributed by atoms with Crippen molar-refractivity contribution in [3.63, 3.8) is 0 Å². The lowest BCUT2D eigenvalue weighted by molar-refractivity contribution is -0.119. The van der Waals surface area contributed by atoms with E-state index in [1.165, 1.54) is 0 Å². The molecule has 112 valence electrons. The molecule has 1 aliphatic heterocycles. The van der Waals surface area contributed by atoms with E-state index in [9.17, 15) is 4.79 Å². The molecule has 2 aromatic heterocycles. The summed E-state index contributed by atoms with van der Waals surface area (Å²) in [6, 6.07) is 0.241. The Bertz CT molecular complexity index is 645. The molecule has 21 heavy (non-hydrogen) atoms. The minimum atomic E-state index is 0.0246. The number of carbonyl (C=O) groups excluding carboxylic acids is 1. The average Bonchev–Trinajstić information content (AvgIpc) is 2.94. The van der Waals surface area contributed by atoms with Crippen molar-refractivity contribution < 1.29 is 4.79 Å². The Morgan fingerprint density at radius 3 is 2.86 bits per heavy atom. The van der Waals surface area contributed by atoms with Crippen molar-refractivity contribution in [2.75, 3.05) is 23.4 Å². The summed E-state index contributed by atoms with van der Waals surface area (Å²) in [5.74, 6) is 6.91. The summed E-state index contributed by atoms with van der Waals surface area (Å²) in [6.07, 6.45) is 7.20. The molecule has 3 heterocycles.